The fourth-order valence-corrected chi connectivity index (χ4v) is 5.16. The molecule has 3 aliphatic carbocycles. The van der Waals surface area contributed by atoms with E-state index in [4.69, 9.17) is 20.5 Å². The smallest absolute Gasteiger partial charge is 0.184 e. The van der Waals surface area contributed by atoms with Crippen molar-refractivity contribution in [2.75, 3.05) is 7.11 Å². The lowest BCUT2D eigenvalue weighted by molar-refractivity contribution is -0.000378. The molecule has 27 heavy (non-hydrogen) atoms. The van der Waals surface area contributed by atoms with Crippen LogP contribution in [0.4, 0.5) is 0 Å². The first-order chi connectivity index (χ1) is 13.1. The second-order valence-electron chi connectivity index (χ2n) is 8.67. The average molecular weight is 361 g/mol. The van der Waals surface area contributed by atoms with Crippen LogP contribution in [-0.2, 0) is 16.8 Å². The second-order valence-corrected chi connectivity index (χ2v) is 8.67. The number of benzene rings is 1. The van der Waals surface area contributed by atoms with Gasteiger partial charge < -0.3 is 10.5 Å². The number of methoxy groups -OCH3 is 1. The van der Waals surface area contributed by atoms with Crippen LogP contribution in [0, 0.1) is 23.2 Å². The second kappa shape index (κ2) is 5.94. The molecule has 140 valence electrons. The highest BCUT2D eigenvalue weighted by Crippen LogP contribution is 2.61. The van der Waals surface area contributed by atoms with Crippen LogP contribution in [0.3, 0.4) is 0 Å². The third kappa shape index (κ3) is 2.56. The monoisotopic (exact) mass is 361 g/mol. The van der Waals surface area contributed by atoms with Crippen molar-refractivity contribution in [2.45, 2.75) is 63.6 Å². The van der Waals surface area contributed by atoms with E-state index in [1.165, 1.54) is 24.0 Å². The van der Waals surface area contributed by atoms with Crippen LogP contribution in [0.15, 0.2) is 28.2 Å². The fourth-order valence-electron chi connectivity index (χ4n) is 5.16. The van der Waals surface area contributed by atoms with Crippen LogP contribution < -0.4 is 5.73 Å². The van der Waals surface area contributed by atoms with Crippen molar-refractivity contribution in [3.63, 3.8) is 0 Å². The highest BCUT2D eigenvalue weighted by atomic mass is 16.5. The van der Waals surface area contributed by atoms with Gasteiger partial charge in [0.2, 0.25) is 0 Å². The van der Waals surface area contributed by atoms with Gasteiger partial charge in [-0.2, -0.15) is 0 Å². The highest BCUT2D eigenvalue weighted by Gasteiger charge is 2.60. The van der Waals surface area contributed by atoms with E-state index >= 15 is 0 Å². The normalized spacial score (nSPS) is 34.2. The van der Waals surface area contributed by atoms with Gasteiger partial charge in [0.25, 0.3) is 0 Å². The Morgan fingerprint density at radius 1 is 1.15 bits per heavy atom. The summed E-state index contributed by atoms with van der Waals surface area (Å²) in [5, 5.41) is 0. The molecule has 0 amide bonds. The molecule has 2 spiro atoms. The lowest BCUT2D eigenvalue weighted by atomic mass is 9.65. The molecule has 1 unspecified atom stereocenters. The zero-order chi connectivity index (χ0) is 18.6. The molecule has 5 rings (SSSR count). The summed E-state index contributed by atoms with van der Waals surface area (Å²) in [6.45, 7) is 1.98. The van der Waals surface area contributed by atoms with E-state index in [-0.39, 0.29) is 5.41 Å². The van der Waals surface area contributed by atoms with Crippen LogP contribution >= 0.6 is 0 Å². The first-order valence-electron chi connectivity index (χ1n) is 10.2. The van der Waals surface area contributed by atoms with Crippen molar-refractivity contribution in [1.29, 1.82) is 0 Å². The molecule has 0 bridgehead atoms. The van der Waals surface area contributed by atoms with E-state index in [9.17, 15) is 0 Å². The van der Waals surface area contributed by atoms with E-state index in [0.29, 0.717) is 17.9 Å². The molecule has 2 fully saturated rings. The van der Waals surface area contributed by atoms with Gasteiger partial charge >= 0.3 is 0 Å². The van der Waals surface area contributed by atoms with E-state index in [1.807, 2.05) is 14.0 Å². The molecule has 1 aliphatic heterocycles. The minimum atomic E-state index is -0.563. The van der Waals surface area contributed by atoms with Gasteiger partial charge in [-0.25, -0.2) is 4.99 Å². The number of ether oxygens (including phenoxy) is 1. The number of hydrogen-bond acceptors (Lipinski definition) is 4. The van der Waals surface area contributed by atoms with Crippen molar-refractivity contribution in [3.8, 4) is 11.8 Å². The van der Waals surface area contributed by atoms with E-state index in [2.05, 4.69) is 30.0 Å². The maximum absolute atomic E-state index is 6.24. The molecule has 1 atom stereocenters. The highest BCUT2D eigenvalue weighted by molar-refractivity contribution is 6.41. The maximum Gasteiger partial charge on any atom is 0.184 e. The van der Waals surface area contributed by atoms with E-state index in [0.717, 1.165) is 43.4 Å². The summed E-state index contributed by atoms with van der Waals surface area (Å²) in [5.74, 6) is 7.95. The molecule has 1 aromatic carbocycles. The largest absolute Gasteiger partial charge is 0.382 e. The fraction of sp³-hybridized carbons (Fsp3) is 0.565. The third-order valence-corrected chi connectivity index (χ3v) is 6.96. The SMILES string of the molecule is COC1CCC2(CC1)Cc1ccc(C#CC3CC3)cc1C21N=C(C)C(N)=N1. The maximum atomic E-state index is 6.24. The molecular formula is C23H27N3O. The number of nitrogens with zero attached hydrogens (tertiary/aromatic N) is 2. The van der Waals surface area contributed by atoms with Gasteiger partial charge in [-0.15, -0.1) is 0 Å². The number of nitrogens with two attached hydrogens (primary N) is 1. The average Bonchev–Trinajstić information content (AvgIpc) is 3.41. The van der Waals surface area contributed by atoms with Gasteiger partial charge in [-0.3, -0.25) is 4.99 Å². The van der Waals surface area contributed by atoms with Gasteiger partial charge in [0.15, 0.2) is 5.66 Å². The Hall–Kier alpha value is -2.12. The van der Waals surface area contributed by atoms with Crippen molar-refractivity contribution in [2.24, 2.45) is 27.1 Å². The molecular weight excluding hydrogens is 334 g/mol. The van der Waals surface area contributed by atoms with Crippen molar-refractivity contribution >= 4 is 11.5 Å². The van der Waals surface area contributed by atoms with Crippen LogP contribution in [-0.4, -0.2) is 24.8 Å². The summed E-state index contributed by atoms with van der Waals surface area (Å²) >= 11 is 0. The van der Waals surface area contributed by atoms with Gasteiger partial charge in [0.1, 0.15) is 5.84 Å². The zero-order valence-corrected chi connectivity index (χ0v) is 16.2. The quantitative estimate of drug-likeness (QED) is 0.778. The molecule has 4 heteroatoms. The Morgan fingerprint density at radius 2 is 1.93 bits per heavy atom. The van der Waals surface area contributed by atoms with Gasteiger partial charge in [-0.1, -0.05) is 17.9 Å². The van der Waals surface area contributed by atoms with E-state index in [1.54, 1.807) is 0 Å². The molecule has 4 nitrogen and oxygen atoms in total. The Balaban J connectivity index is 1.60. The predicted octanol–water partition coefficient (Wildman–Crippen LogP) is 3.56. The zero-order valence-electron chi connectivity index (χ0n) is 16.2. The number of hydrogen-bond donors (Lipinski definition) is 1. The Labute approximate surface area is 161 Å². The molecule has 0 radical (unpaired) electrons. The number of fused-ring (bicyclic) bond motifs is 3. The lowest BCUT2D eigenvalue weighted by Crippen LogP contribution is -2.43. The summed E-state index contributed by atoms with van der Waals surface area (Å²) < 4.78 is 5.63. The molecule has 4 aliphatic rings. The number of amidine groups is 1. The van der Waals surface area contributed by atoms with Crippen molar-refractivity contribution < 1.29 is 4.74 Å². The minimum Gasteiger partial charge on any atom is -0.382 e. The number of aliphatic imine (C=N–C) groups is 2. The minimum absolute atomic E-state index is 0.00921. The molecule has 0 aromatic heterocycles. The molecule has 1 heterocycles. The third-order valence-electron chi connectivity index (χ3n) is 6.96. The van der Waals surface area contributed by atoms with Crippen molar-refractivity contribution in [1.82, 2.24) is 0 Å². The lowest BCUT2D eigenvalue weighted by Gasteiger charge is -2.44. The van der Waals surface area contributed by atoms with Crippen molar-refractivity contribution in [3.05, 3.63) is 34.9 Å². The molecule has 0 saturated heterocycles. The summed E-state index contributed by atoms with van der Waals surface area (Å²) in [5.41, 5.74) is 10.2. The van der Waals surface area contributed by atoms with Crippen LogP contribution in [0.25, 0.3) is 0 Å². The summed E-state index contributed by atoms with van der Waals surface area (Å²) in [4.78, 5) is 10.1. The summed E-state index contributed by atoms with van der Waals surface area (Å²) in [7, 11) is 1.82. The standard InChI is InChI=1S/C23H27N3O/c1-15-21(24)26-23(25-15)20-13-17(6-5-16-3-4-16)7-8-18(20)14-22(23)11-9-19(27-2)10-12-22/h7-8,13,16,19H,3-4,9-12,14H2,1-2H3,(H2,24,26). The van der Waals surface area contributed by atoms with Gasteiger partial charge in [0.05, 0.1) is 11.8 Å². The Morgan fingerprint density at radius 3 is 2.56 bits per heavy atom. The summed E-state index contributed by atoms with van der Waals surface area (Å²) in [6.07, 6.45) is 8.11. The molecule has 2 saturated carbocycles. The summed E-state index contributed by atoms with van der Waals surface area (Å²) in [6, 6.07) is 6.65. The number of rotatable bonds is 1. The molecule has 1 aromatic rings. The first kappa shape index (κ1) is 17.0. The van der Waals surface area contributed by atoms with Crippen LogP contribution in [0.5, 0.6) is 0 Å². The van der Waals surface area contributed by atoms with Gasteiger partial charge in [0, 0.05) is 29.6 Å². The topological polar surface area (TPSA) is 60.0 Å². The molecule has 2 N–H and O–H groups in total. The predicted molar refractivity (Wildman–Crippen MR) is 108 cm³/mol. The Kier molecular flexibility index (Phi) is 3.74. The van der Waals surface area contributed by atoms with Crippen LogP contribution in [0.1, 0.15) is 62.1 Å². The van der Waals surface area contributed by atoms with Crippen LogP contribution in [0.2, 0.25) is 0 Å². The Bertz CT molecular complexity index is 887. The van der Waals surface area contributed by atoms with Gasteiger partial charge in [-0.05, 0) is 69.6 Å². The van der Waals surface area contributed by atoms with E-state index < -0.39 is 5.66 Å². The first-order valence-corrected chi connectivity index (χ1v) is 10.2.